The molecule has 0 fully saturated rings. The van der Waals surface area contributed by atoms with Gasteiger partial charge in [-0.25, -0.2) is 0 Å². The second kappa shape index (κ2) is 17.8. The van der Waals surface area contributed by atoms with E-state index in [2.05, 4.69) is 19.7 Å². The summed E-state index contributed by atoms with van der Waals surface area (Å²) in [6.07, 6.45) is 5.49. The van der Waals surface area contributed by atoms with Crippen LogP contribution in [0.4, 0.5) is 0 Å². The minimum atomic E-state index is -1.83. The predicted octanol–water partition coefficient (Wildman–Crippen LogP) is 10.4. The van der Waals surface area contributed by atoms with Gasteiger partial charge < -0.3 is 9.47 Å². The van der Waals surface area contributed by atoms with E-state index in [0.29, 0.717) is 6.61 Å². The molecule has 0 heterocycles. The SMILES string of the molecule is C=Cc1ccc(C=C)cc1.C=Cc1ccccc1.N=C(OCc1ccc(OCc2ccccc2)cc1)C(Cl)(Cl)Cl. The molecule has 0 atom stereocenters. The van der Waals surface area contributed by atoms with E-state index in [0.717, 1.165) is 28.0 Å². The van der Waals surface area contributed by atoms with Crippen LogP contribution >= 0.6 is 34.8 Å². The first-order valence-electron chi connectivity index (χ1n) is 12.3. The van der Waals surface area contributed by atoms with E-state index >= 15 is 0 Å². The molecular weight excluding hydrogens is 561 g/mol. The summed E-state index contributed by atoms with van der Waals surface area (Å²) in [6, 6.07) is 35.4. The normalized spacial score (nSPS) is 9.97. The molecule has 0 radical (unpaired) electrons. The fourth-order valence-corrected chi connectivity index (χ4v) is 3.18. The maximum atomic E-state index is 7.45. The lowest BCUT2D eigenvalue weighted by molar-refractivity contribution is 0.282. The summed E-state index contributed by atoms with van der Waals surface area (Å²) in [5, 5.41) is 7.45. The molecule has 0 saturated carbocycles. The number of benzene rings is 4. The fourth-order valence-electron chi connectivity index (χ4n) is 3.02. The molecule has 0 unspecified atom stereocenters. The van der Waals surface area contributed by atoms with Gasteiger partial charge >= 0.3 is 0 Å². The molecule has 0 spiro atoms. The zero-order chi connectivity index (χ0) is 29.2. The van der Waals surface area contributed by atoms with Crippen LogP contribution in [0.2, 0.25) is 0 Å². The van der Waals surface area contributed by atoms with Gasteiger partial charge in [0.15, 0.2) is 0 Å². The molecule has 3 nitrogen and oxygen atoms in total. The van der Waals surface area contributed by atoms with E-state index in [-0.39, 0.29) is 6.61 Å². The van der Waals surface area contributed by atoms with Gasteiger partial charge in [-0.1, -0.05) is 170 Å². The molecule has 4 rings (SSSR count). The molecule has 0 aliphatic heterocycles. The van der Waals surface area contributed by atoms with Gasteiger partial charge in [0.25, 0.3) is 3.79 Å². The van der Waals surface area contributed by atoms with Crippen LogP contribution in [0.25, 0.3) is 18.2 Å². The molecule has 0 saturated heterocycles. The Hall–Kier alpha value is -3.76. The van der Waals surface area contributed by atoms with E-state index in [9.17, 15) is 0 Å². The van der Waals surface area contributed by atoms with Crippen LogP contribution in [0.1, 0.15) is 27.8 Å². The molecule has 0 aliphatic rings. The lowest BCUT2D eigenvalue weighted by Gasteiger charge is -2.13. The maximum Gasteiger partial charge on any atom is 0.265 e. The smallest absolute Gasteiger partial charge is 0.265 e. The Labute approximate surface area is 252 Å². The van der Waals surface area contributed by atoms with Crippen molar-refractivity contribution in [1.29, 1.82) is 5.41 Å². The number of alkyl halides is 3. The molecule has 0 amide bonds. The average molecular weight is 593 g/mol. The molecule has 0 bridgehead atoms. The summed E-state index contributed by atoms with van der Waals surface area (Å²) in [5.74, 6) is 0.353. The lowest BCUT2D eigenvalue weighted by atomic mass is 10.1. The van der Waals surface area contributed by atoms with Crippen LogP contribution in [0.15, 0.2) is 129 Å². The molecule has 1 N–H and O–H groups in total. The topological polar surface area (TPSA) is 42.3 Å². The Balaban J connectivity index is 0.000000254. The largest absolute Gasteiger partial charge is 0.489 e. The van der Waals surface area contributed by atoms with Gasteiger partial charge in [-0.05, 0) is 39.9 Å². The molecule has 4 aromatic carbocycles. The Morgan fingerprint density at radius 1 is 0.600 bits per heavy atom. The fraction of sp³-hybridized carbons (Fsp3) is 0.0882. The molecule has 0 aromatic heterocycles. The van der Waals surface area contributed by atoms with Gasteiger partial charge in [0.05, 0.1) is 0 Å². The third-order valence-electron chi connectivity index (χ3n) is 5.26. The molecule has 206 valence electrons. The Morgan fingerprint density at radius 3 is 1.45 bits per heavy atom. The zero-order valence-electron chi connectivity index (χ0n) is 22.1. The Kier molecular flexibility index (Phi) is 14.4. The molecule has 0 aliphatic carbocycles. The number of rotatable bonds is 8. The standard InChI is InChI=1S/C16H14Cl3NO2.C10H10.C8H8/c17-16(18,19)15(20)22-11-13-6-8-14(9-7-13)21-10-12-4-2-1-3-5-12;1-3-9-5-7-10(4-2)8-6-9;1-2-8-6-4-3-5-7-8/h1-9,20H,10-11H2;3-8H,1-2H2;2-7H,1H2. The number of hydrogen-bond donors (Lipinski definition) is 1. The van der Waals surface area contributed by atoms with Crippen LogP contribution < -0.4 is 4.74 Å². The summed E-state index contributed by atoms with van der Waals surface area (Å²) < 4.78 is 8.95. The average Bonchev–Trinajstić information content (AvgIpc) is 3.00. The highest BCUT2D eigenvalue weighted by Crippen LogP contribution is 2.28. The van der Waals surface area contributed by atoms with Crippen molar-refractivity contribution in [2.24, 2.45) is 0 Å². The summed E-state index contributed by atoms with van der Waals surface area (Å²) in [5.41, 5.74) is 5.42. The van der Waals surface area contributed by atoms with Gasteiger partial charge in [0.1, 0.15) is 19.0 Å². The third kappa shape index (κ3) is 12.9. The van der Waals surface area contributed by atoms with Crippen LogP contribution in [-0.2, 0) is 18.0 Å². The van der Waals surface area contributed by atoms with Gasteiger partial charge in [-0.15, -0.1) is 0 Å². The van der Waals surface area contributed by atoms with Gasteiger partial charge in [0.2, 0.25) is 5.90 Å². The lowest BCUT2D eigenvalue weighted by Crippen LogP contribution is -2.20. The van der Waals surface area contributed by atoms with E-state index < -0.39 is 9.69 Å². The zero-order valence-corrected chi connectivity index (χ0v) is 24.4. The number of hydrogen-bond acceptors (Lipinski definition) is 3. The number of ether oxygens (including phenoxy) is 2. The van der Waals surface area contributed by atoms with Crippen molar-refractivity contribution >= 4 is 58.9 Å². The van der Waals surface area contributed by atoms with E-state index in [4.69, 9.17) is 49.7 Å². The highest BCUT2D eigenvalue weighted by Gasteiger charge is 2.28. The van der Waals surface area contributed by atoms with E-state index in [1.807, 2.05) is 127 Å². The van der Waals surface area contributed by atoms with Crippen LogP contribution in [0.5, 0.6) is 5.75 Å². The third-order valence-corrected chi connectivity index (χ3v) is 5.77. The summed E-state index contributed by atoms with van der Waals surface area (Å²) in [7, 11) is 0. The first-order chi connectivity index (χ1) is 19.2. The first-order valence-corrected chi connectivity index (χ1v) is 13.4. The molecule has 4 aromatic rings. The predicted molar refractivity (Wildman–Crippen MR) is 173 cm³/mol. The molecule has 40 heavy (non-hydrogen) atoms. The summed E-state index contributed by atoms with van der Waals surface area (Å²) in [4.78, 5) is 0. The Bertz CT molecular complexity index is 1290. The highest BCUT2D eigenvalue weighted by atomic mass is 35.6. The van der Waals surface area contributed by atoms with Crippen molar-refractivity contribution in [2.45, 2.75) is 17.0 Å². The summed E-state index contributed by atoms with van der Waals surface area (Å²) in [6.45, 7) is 11.6. The Morgan fingerprint density at radius 2 is 1.02 bits per heavy atom. The van der Waals surface area contributed by atoms with Crippen LogP contribution in [0.3, 0.4) is 0 Å². The van der Waals surface area contributed by atoms with Gasteiger partial charge in [0, 0.05) is 0 Å². The second-order valence-electron chi connectivity index (χ2n) is 8.22. The summed E-state index contributed by atoms with van der Waals surface area (Å²) >= 11 is 16.6. The van der Waals surface area contributed by atoms with Crippen molar-refractivity contribution in [2.75, 3.05) is 0 Å². The van der Waals surface area contributed by atoms with Crippen molar-refractivity contribution in [3.63, 3.8) is 0 Å². The van der Waals surface area contributed by atoms with Crippen molar-refractivity contribution in [1.82, 2.24) is 0 Å². The van der Waals surface area contributed by atoms with Crippen LogP contribution in [-0.4, -0.2) is 9.69 Å². The van der Waals surface area contributed by atoms with Gasteiger partial charge in [-0.2, -0.15) is 0 Å². The molecule has 6 heteroatoms. The minimum Gasteiger partial charge on any atom is -0.489 e. The van der Waals surface area contributed by atoms with Crippen molar-refractivity contribution < 1.29 is 9.47 Å². The van der Waals surface area contributed by atoms with Crippen molar-refractivity contribution in [3.05, 3.63) is 157 Å². The number of nitrogens with one attached hydrogen (secondary N) is 1. The van der Waals surface area contributed by atoms with Gasteiger partial charge in [-0.3, -0.25) is 5.41 Å². The second-order valence-corrected chi connectivity index (χ2v) is 10.5. The highest BCUT2D eigenvalue weighted by molar-refractivity contribution is 6.76. The molecular formula is C34H32Cl3NO2. The van der Waals surface area contributed by atoms with Crippen molar-refractivity contribution in [3.8, 4) is 5.75 Å². The first kappa shape index (κ1) is 32.5. The monoisotopic (exact) mass is 591 g/mol. The quantitative estimate of drug-likeness (QED) is 0.126. The van der Waals surface area contributed by atoms with E-state index in [1.165, 1.54) is 5.56 Å². The van der Waals surface area contributed by atoms with Crippen LogP contribution in [0, 0.1) is 5.41 Å². The minimum absolute atomic E-state index is 0.158. The maximum absolute atomic E-state index is 7.45. The number of halogens is 3. The van der Waals surface area contributed by atoms with E-state index in [1.54, 1.807) is 0 Å².